The van der Waals surface area contributed by atoms with Gasteiger partial charge < -0.3 is 18.3 Å². The second-order valence-electron chi connectivity index (χ2n) is 7.84. The van der Waals surface area contributed by atoms with E-state index in [0.717, 1.165) is 0 Å². The second kappa shape index (κ2) is 10.5. The average molecular weight is 556 g/mol. The van der Waals surface area contributed by atoms with Gasteiger partial charge in [-0.2, -0.15) is 0 Å². The molecule has 2 heterocycles. The number of aromatic nitrogens is 1. The Labute approximate surface area is 220 Å². The van der Waals surface area contributed by atoms with Crippen LogP contribution in [0.4, 0.5) is 5.69 Å². The van der Waals surface area contributed by atoms with Crippen LogP contribution >= 0.6 is 46.4 Å². The van der Waals surface area contributed by atoms with Crippen molar-refractivity contribution in [2.75, 3.05) is 4.90 Å². The van der Waals surface area contributed by atoms with Gasteiger partial charge >= 0.3 is 5.82 Å². The molecule has 0 radical (unpaired) electrons. The molecule has 7 nitrogen and oxygen atoms in total. The zero-order chi connectivity index (χ0) is 25.3. The van der Waals surface area contributed by atoms with Crippen molar-refractivity contribution in [3.63, 3.8) is 0 Å². The summed E-state index contributed by atoms with van der Waals surface area (Å²) in [6.45, 7) is 3.56. The fourth-order valence-corrected chi connectivity index (χ4v) is 4.35. The van der Waals surface area contributed by atoms with E-state index in [1.807, 2.05) is 13.8 Å². The lowest BCUT2D eigenvalue weighted by atomic mass is 10.1. The Kier molecular flexibility index (Phi) is 7.62. The van der Waals surface area contributed by atoms with Crippen LogP contribution in [0.25, 0.3) is 22.6 Å². The van der Waals surface area contributed by atoms with Gasteiger partial charge in [-0.3, -0.25) is 4.79 Å². The molecule has 0 spiro atoms. The zero-order valence-corrected chi connectivity index (χ0v) is 21.5. The number of alkyl halides is 2. The molecular formula is C24H18Cl4N2O5. The Bertz CT molecular complexity index is 1400. The lowest BCUT2D eigenvalue weighted by Crippen LogP contribution is -2.34. The van der Waals surface area contributed by atoms with Gasteiger partial charge in [0.2, 0.25) is 0 Å². The van der Waals surface area contributed by atoms with E-state index in [0.29, 0.717) is 44.1 Å². The van der Waals surface area contributed by atoms with Crippen molar-refractivity contribution in [3.8, 4) is 22.6 Å². The fourth-order valence-electron chi connectivity index (χ4n) is 3.52. The van der Waals surface area contributed by atoms with Gasteiger partial charge in [-0.1, -0.05) is 83.6 Å². The maximum atomic E-state index is 12.9. The standard InChI is InChI=1S/C24H18Cl4N2O5/c1-12(2)21-19(33-24(32)34-21)11-30(23(31)22(27)28)14-6-3-5-13(9-14)18-10-17(29-35-18)20-15(25)7-4-8-16(20)26/h3-10,12,22H,11H2,1-2H3. The van der Waals surface area contributed by atoms with Crippen LogP contribution in [0.3, 0.4) is 0 Å². The van der Waals surface area contributed by atoms with Crippen LogP contribution in [0, 0.1) is 0 Å². The third-order valence-electron chi connectivity index (χ3n) is 5.12. The number of hydrogen-bond donors (Lipinski definition) is 0. The van der Waals surface area contributed by atoms with Crippen LogP contribution in [-0.4, -0.2) is 15.9 Å². The first kappa shape index (κ1) is 25.4. The minimum absolute atomic E-state index is 0.117. The predicted molar refractivity (Wildman–Crippen MR) is 135 cm³/mol. The molecule has 0 bridgehead atoms. The molecule has 1 amide bonds. The fraction of sp³-hybridized carbons (Fsp3) is 0.208. The van der Waals surface area contributed by atoms with Crippen molar-refractivity contribution in [1.82, 2.24) is 5.16 Å². The van der Waals surface area contributed by atoms with E-state index >= 15 is 0 Å². The molecule has 0 aliphatic rings. The number of hydrogen-bond acceptors (Lipinski definition) is 6. The Hall–Kier alpha value is -2.71. The highest BCUT2D eigenvalue weighted by Crippen LogP contribution is 2.36. The molecule has 182 valence electrons. The molecule has 4 aromatic rings. The molecule has 11 heteroatoms. The predicted octanol–water partition coefficient (Wildman–Crippen LogP) is 7.32. The summed E-state index contributed by atoms with van der Waals surface area (Å²) < 4.78 is 15.9. The quantitative estimate of drug-likeness (QED) is 0.222. The number of amides is 1. The van der Waals surface area contributed by atoms with Crippen molar-refractivity contribution in [3.05, 3.63) is 80.7 Å². The first-order chi connectivity index (χ1) is 16.7. The average Bonchev–Trinajstić information content (AvgIpc) is 3.44. The SMILES string of the molecule is CC(C)c1oc(=O)oc1CN(C(=O)C(Cl)Cl)c1cccc(-c2cc(-c3c(Cl)cccc3Cl)no2)c1. The van der Waals surface area contributed by atoms with Crippen molar-refractivity contribution in [1.29, 1.82) is 0 Å². The molecular weight excluding hydrogens is 538 g/mol. The highest BCUT2D eigenvalue weighted by molar-refractivity contribution is 6.54. The molecule has 0 aliphatic carbocycles. The van der Waals surface area contributed by atoms with Gasteiger partial charge in [0.05, 0.1) is 16.6 Å². The molecule has 0 N–H and O–H groups in total. The van der Waals surface area contributed by atoms with Gasteiger partial charge in [0.25, 0.3) is 5.91 Å². The smallest absolute Gasteiger partial charge is 0.395 e. The van der Waals surface area contributed by atoms with Crippen molar-refractivity contribution < 1.29 is 18.2 Å². The Morgan fingerprint density at radius 3 is 2.37 bits per heavy atom. The monoisotopic (exact) mass is 554 g/mol. The molecule has 0 aliphatic heterocycles. The number of halogens is 4. The minimum atomic E-state index is -1.35. The highest BCUT2D eigenvalue weighted by atomic mass is 35.5. The molecule has 2 aromatic carbocycles. The van der Waals surface area contributed by atoms with Crippen LogP contribution in [-0.2, 0) is 11.3 Å². The largest absolute Gasteiger partial charge is 0.519 e. The summed E-state index contributed by atoms with van der Waals surface area (Å²) in [7, 11) is 0. The normalized spacial score (nSPS) is 11.4. The summed E-state index contributed by atoms with van der Waals surface area (Å²) in [5, 5.41) is 4.96. The van der Waals surface area contributed by atoms with Gasteiger partial charge in [0, 0.05) is 28.8 Å². The Morgan fingerprint density at radius 2 is 1.71 bits per heavy atom. The minimum Gasteiger partial charge on any atom is -0.395 e. The molecule has 0 atom stereocenters. The number of anilines is 1. The van der Waals surface area contributed by atoms with Gasteiger partial charge in [-0.05, 0) is 24.3 Å². The number of carbonyl (C=O) groups excluding carboxylic acids is 1. The summed E-state index contributed by atoms with van der Waals surface area (Å²) in [5.41, 5.74) is 2.05. The summed E-state index contributed by atoms with van der Waals surface area (Å²) in [5.74, 6) is -0.659. The molecule has 0 unspecified atom stereocenters. The summed E-state index contributed by atoms with van der Waals surface area (Å²) >= 11 is 24.4. The highest BCUT2D eigenvalue weighted by Gasteiger charge is 2.27. The first-order valence-electron chi connectivity index (χ1n) is 10.4. The van der Waals surface area contributed by atoms with Crippen LogP contribution in [0.5, 0.6) is 0 Å². The lowest BCUT2D eigenvalue weighted by Gasteiger charge is -2.23. The van der Waals surface area contributed by atoms with Crippen LogP contribution in [0.1, 0.15) is 31.3 Å². The van der Waals surface area contributed by atoms with Crippen molar-refractivity contribution in [2.45, 2.75) is 31.1 Å². The van der Waals surface area contributed by atoms with Crippen molar-refractivity contribution >= 4 is 58.0 Å². The van der Waals surface area contributed by atoms with Gasteiger partial charge in [0.15, 0.2) is 22.1 Å². The topological polar surface area (TPSA) is 89.7 Å². The van der Waals surface area contributed by atoms with Gasteiger partial charge in [0.1, 0.15) is 5.69 Å². The van der Waals surface area contributed by atoms with E-state index < -0.39 is 16.6 Å². The van der Waals surface area contributed by atoms with E-state index in [9.17, 15) is 9.59 Å². The number of carbonyl (C=O) groups is 1. The molecule has 0 fully saturated rings. The van der Waals surface area contributed by atoms with Crippen LogP contribution in [0.15, 0.2) is 66.7 Å². The van der Waals surface area contributed by atoms with E-state index in [-0.39, 0.29) is 18.2 Å². The number of rotatable bonds is 7. The maximum absolute atomic E-state index is 12.9. The van der Waals surface area contributed by atoms with Gasteiger partial charge in [-0.15, -0.1) is 0 Å². The number of nitrogens with zero attached hydrogens (tertiary/aromatic N) is 2. The summed E-state index contributed by atoms with van der Waals surface area (Å²) in [6, 6.07) is 13.7. The van der Waals surface area contributed by atoms with Crippen LogP contribution < -0.4 is 10.7 Å². The van der Waals surface area contributed by atoms with E-state index in [4.69, 9.17) is 59.8 Å². The Morgan fingerprint density at radius 1 is 1.03 bits per heavy atom. The molecule has 2 aromatic heterocycles. The third kappa shape index (κ3) is 5.43. The zero-order valence-electron chi connectivity index (χ0n) is 18.4. The maximum Gasteiger partial charge on any atom is 0.519 e. The summed E-state index contributed by atoms with van der Waals surface area (Å²) in [4.78, 5) is 24.6. The molecule has 0 saturated heterocycles. The van der Waals surface area contributed by atoms with E-state index in [1.54, 1.807) is 48.5 Å². The number of benzene rings is 2. The van der Waals surface area contributed by atoms with Crippen LogP contribution in [0.2, 0.25) is 10.0 Å². The first-order valence-corrected chi connectivity index (χ1v) is 12.0. The second-order valence-corrected chi connectivity index (χ2v) is 9.76. The van der Waals surface area contributed by atoms with Crippen molar-refractivity contribution in [2.24, 2.45) is 0 Å². The van der Waals surface area contributed by atoms with E-state index in [2.05, 4.69) is 5.16 Å². The summed E-state index contributed by atoms with van der Waals surface area (Å²) in [6.07, 6.45) is 0. The third-order valence-corrected chi connectivity index (χ3v) is 6.13. The van der Waals surface area contributed by atoms with Gasteiger partial charge in [-0.25, -0.2) is 4.79 Å². The molecule has 35 heavy (non-hydrogen) atoms. The lowest BCUT2D eigenvalue weighted by molar-refractivity contribution is -0.117. The van der Waals surface area contributed by atoms with E-state index in [1.165, 1.54) is 4.90 Å². The molecule has 0 saturated carbocycles. The molecule has 4 rings (SSSR count). The Balaban J connectivity index is 1.72.